The van der Waals surface area contributed by atoms with Gasteiger partial charge in [0.1, 0.15) is 6.61 Å². The number of fused-ring (bicyclic) bond motifs is 5. The third kappa shape index (κ3) is 3.77. The van der Waals surface area contributed by atoms with E-state index in [9.17, 15) is 19.7 Å². The van der Waals surface area contributed by atoms with Crippen molar-refractivity contribution in [3.8, 4) is 11.5 Å². The third-order valence-corrected chi connectivity index (χ3v) is 7.14. The Morgan fingerprint density at radius 3 is 2.38 bits per heavy atom. The molecule has 0 aromatic heterocycles. The Hall–Kier alpha value is -3.53. The minimum absolute atomic E-state index is 0.00802. The molecular formula is C24H20BrN3O6. The van der Waals surface area contributed by atoms with Crippen LogP contribution in [0, 0.1) is 33.8 Å². The molecule has 1 saturated carbocycles. The largest absolute Gasteiger partial charge is 0.493 e. The topological polar surface area (TPSA) is 111 Å². The second kappa shape index (κ2) is 8.68. The molecule has 2 fully saturated rings. The molecule has 5 rings (SSSR count). The van der Waals surface area contributed by atoms with Crippen LogP contribution in [0.5, 0.6) is 11.5 Å². The lowest BCUT2D eigenvalue weighted by Gasteiger charge is -2.14. The van der Waals surface area contributed by atoms with E-state index in [1.54, 1.807) is 24.3 Å². The van der Waals surface area contributed by atoms with E-state index in [4.69, 9.17) is 9.47 Å². The van der Waals surface area contributed by atoms with Crippen LogP contribution in [0.1, 0.15) is 17.5 Å². The number of nitrogens with zero attached hydrogens (tertiary/aromatic N) is 3. The summed E-state index contributed by atoms with van der Waals surface area (Å²) < 4.78 is 11.9. The predicted octanol–water partition coefficient (Wildman–Crippen LogP) is 4.09. The van der Waals surface area contributed by atoms with E-state index >= 15 is 0 Å². The molecule has 4 atom stereocenters. The Balaban J connectivity index is 1.31. The number of non-ortho nitro benzene ring substituents is 1. The average Bonchev–Trinajstić information content (AvgIpc) is 3.51. The highest BCUT2D eigenvalue weighted by Gasteiger charge is 2.59. The van der Waals surface area contributed by atoms with Gasteiger partial charge in [-0.15, -0.1) is 0 Å². The number of imide groups is 1. The van der Waals surface area contributed by atoms with Crippen LogP contribution in [0.15, 0.2) is 58.1 Å². The fourth-order valence-corrected chi connectivity index (χ4v) is 5.52. The van der Waals surface area contributed by atoms with Gasteiger partial charge in [-0.25, -0.2) is 0 Å². The Morgan fingerprint density at radius 2 is 1.79 bits per heavy atom. The van der Waals surface area contributed by atoms with E-state index in [0.717, 1.165) is 17.0 Å². The maximum Gasteiger partial charge on any atom is 0.269 e. The zero-order chi connectivity index (χ0) is 24.0. The van der Waals surface area contributed by atoms with Crippen molar-refractivity contribution in [3.63, 3.8) is 0 Å². The van der Waals surface area contributed by atoms with Crippen LogP contribution in [-0.2, 0) is 16.2 Å². The van der Waals surface area contributed by atoms with Crippen molar-refractivity contribution >= 4 is 39.6 Å². The normalized spacial score (nSPS) is 24.8. The lowest BCUT2D eigenvalue weighted by molar-refractivity contribution is -0.384. The van der Waals surface area contributed by atoms with Gasteiger partial charge in [0.15, 0.2) is 11.5 Å². The van der Waals surface area contributed by atoms with Gasteiger partial charge in [-0.05, 0) is 69.6 Å². The highest BCUT2D eigenvalue weighted by molar-refractivity contribution is 9.10. The van der Waals surface area contributed by atoms with Gasteiger partial charge in [-0.3, -0.25) is 19.7 Å². The highest BCUT2D eigenvalue weighted by atomic mass is 79.9. The lowest BCUT2D eigenvalue weighted by Crippen LogP contribution is -2.28. The smallest absolute Gasteiger partial charge is 0.269 e. The molecule has 0 N–H and O–H groups in total. The van der Waals surface area contributed by atoms with Crippen LogP contribution >= 0.6 is 15.9 Å². The summed E-state index contributed by atoms with van der Waals surface area (Å²) >= 11 is 3.47. The van der Waals surface area contributed by atoms with Crippen molar-refractivity contribution < 1.29 is 24.0 Å². The van der Waals surface area contributed by atoms with Gasteiger partial charge in [0.2, 0.25) is 0 Å². The van der Waals surface area contributed by atoms with E-state index in [2.05, 4.69) is 21.0 Å². The predicted molar refractivity (Wildman–Crippen MR) is 125 cm³/mol. The maximum absolute atomic E-state index is 12.8. The van der Waals surface area contributed by atoms with Crippen molar-refractivity contribution in [2.45, 2.75) is 13.0 Å². The number of nitro benzene ring substituents is 1. The minimum atomic E-state index is -0.457. The van der Waals surface area contributed by atoms with Gasteiger partial charge < -0.3 is 9.47 Å². The molecule has 1 aliphatic heterocycles. The van der Waals surface area contributed by atoms with Crippen LogP contribution < -0.4 is 9.47 Å². The number of allylic oxidation sites excluding steroid dienone is 2. The van der Waals surface area contributed by atoms with Crippen molar-refractivity contribution in [3.05, 3.63) is 74.3 Å². The number of nitro groups is 1. The summed E-state index contributed by atoms with van der Waals surface area (Å²) in [6.45, 7) is 0.177. The maximum atomic E-state index is 12.8. The Morgan fingerprint density at radius 1 is 1.15 bits per heavy atom. The summed E-state index contributed by atoms with van der Waals surface area (Å²) in [6.07, 6.45) is 6.42. The number of amides is 2. The van der Waals surface area contributed by atoms with E-state index < -0.39 is 4.92 Å². The summed E-state index contributed by atoms with van der Waals surface area (Å²) in [6, 6.07) is 9.52. The summed E-state index contributed by atoms with van der Waals surface area (Å²) in [5.41, 5.74) is 1.38. The molecule has 0 unspecified atom stereocenters. The first-order valence-electron chi connectivity index (χ1n) is 10.7. The lowest BCUT2D eigenvalue weighted by atomic mass is 9.85. The quantitative estimate of drug-likeness (QED) is 0.177. The average molecular weight is 526 g/mol. The molecule has 174 valence electrons. The number of hydrogen-bond donors (Lipinski definition) is 0. The van der Waals surface area contributed by atoms with Gasteiger partial charge in [0.05, 0.1) is 34.6 Å². The van der Waals surface area contributed by atoms with E-state index in [0.29, 0.717) is 21.5 Å². The molecule has 0 spiro atoms. The van der Waals surface area contributed by atoms with Gasteiger partial charge >= 0.3 is 0 Å². The molecule has 1 saturated heterocycles. The number of rotatable bonds is 7. The molecule has 2 bridgehead atoms. The Kier molecular flexibility index (Phi) is 5.68. The van der Waals surface area contributed by atoms with Crippen molar-refractivity contribution in [1.29, 1.82) is 0 Å². The molecule has 0 radical (unpaired) electrons. The molecule has 10 heteroatoms. The fraction of sp³-hybridized carbons (Fsp3) is 0.292. The van der Waals surface area contributed by atoms with Gasteiger partial charge in [0, 0.05) is 12.1 Å². The number of methoxy groups -OCH3 is 1. The van der Waals surface area contributed by atoms with Crippen LogP contribution in [0.3, 0.4) is 0 Å². The SMILES string of the molecule is COc1cc(C=NN2C(=O)[C@@H]3[C@H](C2=O)[C@H]2C=C[C@H]3C2)cc(Br)c1OCc1ccc([N+](=O)[O-])cc1. The number of benzene rings is 2. The molecule has 1 heterocycles. The minimum Gasteiger partial charge on any atom is -0.493 e. The molecule has 34 heavy (non-hydrogen) atoms. The number of hydrazone groups is 1. The number of carbonyl (C=O) groups is 2. The fourth-order valence-electron chi connectivity index (χ4n) is 4.95. The zero-order valence-electron chi connectivity index (χ0n) is 18.1. The Bertz CT molecular complexity index is 1210. The zero-order valence-corrected chi connectivity index (χ0v) is 19.7. The second-order valence-corrected chi connectivity index (χ2v) is 9.33. The molecule has 2 aliphatic carbocycles. The van der Waals surface area contributed by atoms with Crippen molar-refractivity contribution in [2.24, 2.45) is 28.8 Å². The first-order chi connectivity index (χ1) is 16.4. The summed E-state index contributed by atoms with van der Waals surface area (Å²) in [4.78, 5) is 35.9. The van der Waals surface area contributed by atoms with Crippen LogP contribution in [0.2, 0.25) is 0 Å². The van der Waals surface area contributed by atoms with E-state index in [1.807, 2.05) is 12.2 Å². The van der Waals surface area contributed by atoms with Gasteiger partial charge in [-0.1, -0.05) is 12.2 Å². The van der Waals surface area contributed by atoms with Crippen LogP contribution in [0.25, 0.3) is 0 Å². The second-order valence-electron chi connectivity index (χ2n) is 8.48. The highest BCUT2D eigenvalue weighted by Crippen LogP contribution is 2.52. The van der Waals surface area contributed by atoms with Gasteiger partial charge in [0.25, 0.3) is 17.5 Å². The molecule has 2 amide bonds. The monoisotopic (exact) mass is 525 g/mol. The van der Waals surface area contributed by atoms with Crippen molar-refractivity contribution in [1.82, 2.24) is 5.01 Å². The van der Waals surface area contributed by atoms with Crippen LogP contribution in [-0.4, -0.2) is 35.1 Å². The number of halogens is 1. The van der Waals surface area contributed by atoms with E-state index in [1.165, 1.54) is 25.5 Å². The molecule has 2 aromatic carbocycles. The van der Waals surface area contributed by atoms with Gasteiger partial charge in [-0.2, -0.15) is 10.1 Å². The number of ether oxygens (including phenoxy) is 2. The number of hydrogen-bond acceptors (Lipinski definition) is 7. The molecular weight excluding hydrogens is 506 g/mol. The molecule has 9 nitrogen and oxygen atoms in total. The summed E-state index contributed by atoms with van der Waals surface area (Å²) in [7, 11) is 1.50. The molecule has 3 aliphatic rings. The Labute approximate surface area is 203 Å². The standard InChI is InChI=1S/C24H20BrN3O6/c1-33-19-9-14(8-18(25)22(19)34-12-13-2-6-17(7-3-13)28(31)32)11-26-27-23(29)20-15-4-5-16(10-15)21(20)24(27)30/h2-9,11,15-16,20-21H,10,12H2,1H3/t15-,16-,20-,21+/m0/s1. The first kappa shape index (κ1) is 22.3. The first-order valence-corrected chi connectivity index (χ1v) is 11.5. The third-order valence-electron chi connectivity index (χ3n) is 6.55. The summed E-state index contributed by atoms with van der Waals surface area (Å²) in [5.74, 6) is 0.0715. The van der Waals surface area contributed by atoms with Crippen LogP contribution in [0.4, 0.5) is 5.69 Å². The number of carbonyl (C=O) groups excluding carboxylic acids is 2. The molecule has 2 aromatic rings. The van der Waals surface area contributed by atoms with Crippen molar-refractivity contribution in [2.75, 3.05) is 7.11 Å². The summed E-state index contributed by atoms with van der Waals surface area (Å²) in [5, 5.41) is 16.0. The van der Waals surface area contributed by atoms with E-state index in [-0.39, 0.29) is 47.8 Å².